The van der Waals surface area contributed by atoms with Crippen molar-refractivity contribution in [3.8, 4) is 0 Å². The molecule has 0 spiro atoms. The third-order valence-corrected chi connectivity index (χ3v) is 6.46. The Morgan fingerprint density at radius 3 is 2.36 bits per heavy atom. The topological polar surface area (TPSA) is 78.3 Å². The zero-order chi connectivity index (χ0) is 20.1. The number of carbonyl (C=O) groups excluding carboxylic acids is 1. The fraction of sp³-hybridized carbons (Fsp3) is 0.143. The first-order chi connectivity index (χ1) is 13.3. The second-order valence-electron chi connectivity index (χ2n) is 6.58. The number of para-hydroxylation sites is 1. The third kappa shape index (κ3) is 2.66. The van der Waals surface area contributed by atoms with Gasteiger partial charge in [-0.3, -0.25) is 0 Å². The lowest BCUT2D eigenvalue weighted by atomic mass is 10.1. The SMILES string of the molecule is COC(=O)c1cc2c3ccccc3n(S(=O)(=O)c3ccc(C)cc3)c2c(C)n1. The number of aromatic nitrogens is 2. The van der Waals surface area contributed by atoms with Crippen LogP contribution in [0.2, 0.25) is 0 Å². The first-order valence-corrected chi connectivity index (χ1v) is 10.1. The molecule has 0 N–H and O–H groups in total. The van der Waals surface area contributed by atoms with Gasteiger partial charge < -0.3 is 4.74 Å². The van der Waals surface area contributed by atoms with Crippen molar-refractivity contribution >= 4 is 37.8 Å². The maximum atomic E-state index is 13.5. The highest BCUT2D eigenvalue weighted by molar-refractivity contribution is 7.90. The van der Waals surface area contributed by atoms with Gasteiger partial charge >= 0.3 is 5.97 Å². The van der Waals surface area contributed by atoms with E-state index in [0.717, 1.165) is 10.9 Å². The van der Waals surface area contributed by atoms with Crippen molar-refractivity contribution in [3.63, 3.8) is 0 Å². The molecule has 0 fully saturated rings. The Balaban J connectivity index is 2.13. The van der Waals surface area contributed by atoms with Crippen LogP contribution in [-0.2, 0) is 14.8 Å². The Labute approximate surface area is 162 Å². The highest BCUT2D eigenvalue weighted by atomic mass is 32.2. The van der Waals surface area contributed by atoms with Gasteiger partial charge in [-0.1, -0.05) is 35.9 Å². The number of hydrogen-bond donors (Lipinski definition) is 0. The van der Waals surface area contributed by atoms with Crippen LogP contribution in [-0.4, -0.2) is 30.5 Å². The lowest BCUT2D eigenvalue weighted by Gasteiger charge is -2.11. The van der Waals surface area contributed by atoms with Gasteiger partial charge in [0.2, 0.25) is 0 Å². The van der Waals surface area contributed by atoms with Crippen molar-refractivity contribution in [1.82, 2.24) is 8.96 Å². The van der Waals surface area contributed by atoms with E-state index in [1.165, 1.54) is 11.1 Å². The van der Waals surface area contributed by atoms with Crippen molar-refractivity contribution in [2.24, 2.45) is 0 Å². The molecule has 4 aromatic rings. The summed E-state index contributed by atoms with van der Waals surface area (Å²) in [6.45, 7) is 3.59. The monoisotopic (exact) mass is 394 g/mol. The van der Waals surface area contributed by atoms with Crippen molar-refractivity contribution in [3.05, 3.63) is 71.5 Å². The predicted octanol–water partition coefficient (Wildman–Crippen LogP) is 3.83. The summed E-state index contributed by atoms with van der Waals surface area (Å²) in [5.74, 6) is -0.566. The van der Waals surface area contributed by atoms with E-state index in [4.69, 9.17) is 4.74 Å². The number of fused-ring (bicyclic) bond motifs is 3. The van der Waals surface area contributed by atoms with Gasteiger partial charge in [-0.2, -0.15) is 0 Å². The van der Waals surface area contributed by atoms with Crippen LogP contribution >= 0.6 is 0 Å². The summed E-state index contributed by atoms with van der Waals surface area (Å²) in [6.07, 6.45) is 0. The second-order valence-corrected chi connectivity index (χ2v) is 8.37. The Hall–Kier alpha value is -3.19. The molecule has 2 heterocycles. The Morgan fingerprint density at radius 2 is 1.68 bits per heavy atom. The smallest absolute Gasteiger partial charge is 0.356 e. The van der Waals surface area contributed by atoms with Crippen LogP contribution in [0.4, 0.5) is 0 Å². The summed E-state index contributed by atoms with van der Waals surface area (Å²) in [5, 5.41) is 1.36. The molecule has 0 bridgehead atoms. The first-order valence-electron chi connectivity index (χ1n) is 8.66. The molecule has 0 radical (unpaired) electrons. The van der Waals surface area contributed by atoms with Crippen LogP contribution in [0, 0.1) is 13.8 Å². The van der Waals surface area contributed by atoms with E-state index in [9.17, 15) is 13.2 Å². The number of hydrogen-bond acceptors (Lipinski definition) is 5. The number of carbonyl (C=O) groups is 1. The summed E-state index contributed by atoms with van der Waals surface area (Å²) in [7, 11) is -2.58. The molecule has 6 nitrogen and oxygen atoms in total. The Kier molecular flexibility index (Phi) is 4.19. The molecule has 0 atom stereocenters. The molecule has 142 valence electrons. The maximum Gasteiger partial charge on any atom is 0.356 e. The van der Waals surface area contributed by atoms with Crippen molar-refractivity contribution in [2.45, 2.75) is 18.7 Å². The molecule has 0 aliphatic heterocycles. The standard InChI is InChI=1S/C21H18N2O4S/c1-13-8-10-15(11-9-13)28(25,26)23-19-7-5-4-6-16(19)17-12-18(21(24)27-3)22-14(2)20(17)23/h4-12H,1-3H3. The predicted molar refractivity (Wildman–Crippen MR) is 107 cm³/mol. The van der Waals surface area contributed by atoms with Crippen LogP contribution in [0.25, 0.3) is 21.8 Å². The fourth-order valence-electron chi connectivity index (χ4n) is 3.40. The van der Waals surface area contributed by atoms with Gasteiger partial charge in [0.1, 0.15) is 5.69 Å². The molecule has 0 unspecified atom stereocenters. The number of nitrogens with zero attached hydrogens (tertiary/aromatic N) is 2. The number of ether oxygens (including phenoxy) is 1. The summed E-state index contributed by atoms with van der Waals surface area (Å²) in [6, 6.07) is 15.5. The van der Waals surface area contributed by atoms with Crippen LogP contribution in [0.15, 0.2) is 59.5 Å². The van der Waals surface area contributed by atoms with E-state index in [1.807, 2.05) is 19.1 Å². The number of rotatable bonds is 3. The lowest BCUT2D eigenvalue weighted by molar-refractivity contribution is 0.0594. The van der Waals surface area contributed by atoms with Gasteiger partial charge in [0.15, 0.2) is 0 Å². The summed E-state index contributed by atoms with van der Waals surface area (Å²) in [4.78, 5) is 16.5. The largest absolute Gasteiger partial charge is 0.464 e. The molecule has 7 heteroatoms. The molecule has 28 heavy (non-hydrogen) atoms. The minimum absolute atomic E-state index is 0.142. The van der Waals surface area contributed by atoms with E-state index in [0.29, 0.717) is 22.1 Å². The normalized spacial score (nSPS) is 11.8. The van der Waals surface area contributed by atoms with E-state index >= 15 is 0 Å². The number of esters is 1. The molecule has 4 rings (SSSR count). The zero-order valence-electron chi connectivity index (χ0n) is 15.6. The van der Waals surface area contributed by atoms with Crippen LogP contribution in [0.3, 0.4) is 0 Å². The summed E-state index contributed by atoms with van der Waals surface area (Å²) < 4.78 is 33.1. The molecular formula is C21H18N2O4S. The third-order valence-electron chi connectivity index (χ3n) is 4.74. The van der Waals surface area contributed by atoms with E-state index < -0.39 is 16.0 Å². The Morgan fingerprint density at radius 1 is 1.00 bits per heavy atom. The minimum Gasteiger partial charge on any atom is -0.464 e. The molecule has 0 amide bonds. The Bertz CT molecular complexity index is 1340. The number of pyridine rings is 1. The van der Waals surface area contributed by atoms with Crippen LogP contribution < -0.4 is 0 Å². The molecule has 2 aromatic carbocycles. The van der Waals surface area contributed by atoms with Gasteiger partial charge in [0, 0.05) is 10.8 Å². The number of benzene rings is 2. The van der Waals surface area contributed by atoms with Crippen molar-refractivity contribution in [2.75, 3.05) is 7.11 Å². The quantitative estimate of drug-likeness (QED) is 0.494. The van der Waals surface area contributed by atoms with Crippen molar-refractivity contribution < 1.29 is 17.9 Å². The summed E-state index contributed by atoms with van der Waals surface area (Å²) >= 11 is 0. The van der Waals surface area contributed by atoms with Gasteiger partial charge in [-0.25, -0.2) is 22.2 Å². The van der Waals surface area contributed by atoms with Crippen molar-refractivity contribution in [1.29, 1.82) is 0 Å². The van der Waals surface area contributed by atoms with Crippen LogP contribution in [0.5, 0.6) is 0 Å². The molecule has 0 saturated carbocycles. The average Bonchev–Trinajstić information content (AvgIpc) is 3.03. The molecule has 2 aromatic heterocycles. The number of aryl methyl sites for hydroxylation is 2. The van der Waals surface area contributed by atoms with Crippen LogP contribution in [0.1, 0.15) is 21.7 Å². The van der Waals surface area contributed by atoms with Gasteiger partial charge in [0.25, 0.3) is 10.0 Å². The van der Waals surface area contributed by atoms with Gasteiger partial charge in [-0.15, -0.1) is 0 Å². The molecular weight excluding hydrogens is 376 g/mol. The minimum atomic E-state index is -3.87. The van der Waals surface area contributed by atoms with E-state index in [-0.39, 0.29) is 10.6 Å². The second kappa shape index (κ2) is 6.45. The summed E-state index contributed by atoms with van der Waals surface area (Å²) in [5.41, 5.74) is 2.54. The zero-order valence-corrected chi connectivity index (χ0v) is 16.4. The highest BCUT2D eigenvalue weighted by Crippen LogP contribution is 2.34. The molecule has 0 saturated heterocycles. The maximum absolute atomic E-state index is 13.5. The molecule has 0 aliphatic carbocycles. The van der Waals surface area contributed by atoms with Gasteiger partial charge in [-0.05, 0) is 38.1 Å². The fourth-order valence-corrected chi connectivity index (χ4v) is 4.98. The molecule has 0 aliphatic rings. The van der Waals surface area contributed by atoms with Gasteiger partial charge in [0.05, 0.1) is 28.7 Å². The average molecular weight is 394 g/mol. The highest BCUT2D eigenvalue weighted by Gasteiger charge is 2.26. The van der Waals surface area contributed by atoms with E-state index in [1.54, 1.807) is 49.4 Å². The first kappa shape index (κ1) is 18.2. The van der Waals surface area contributed by atoms with E-state index in [2.05, 4.69) is 4.98 Å². The lowest BCUT2D eigenvalue weighted by Crippen LogP contribution is -2.14. The number of methoxy groups -OCH3 is 1.